The Morgan fingerprint density at radius 1 is 1.19 bits per heavy atom. The molecule has 0 radical (unpaired) electrons. The highest BCUT2D eigenvalue weighted by molar-refractivity contribution is 5.28. The van der Waals surface area contributed by atoms with E-state index in [1.54, 1.807) is 0 Å². The average molecular weight is 225 g/mol. The predicted molar refractivity (Wildman–Crippen MR) is 62.2 cm³/mol. The first-order chi connectivity index (χ1) is 7.63. The van der Waals surface area contributed by atoms with Gasteiger partial charge in [0.25, 0.3) is 0 Å². The molecule has 0 aliphatic rings. The molecule has 0 amide bonds. The van der Waals surface area contributed by atoms with Gasteiger partial charge in [0.15, 0.2) is 0 Å². The van der Waals surface area contributed by atoms with Crippen molar-refractivity contribution in [3.05, 3.63) is 29.8 Å². The van der Waals surface area contributed by atoms with Crippen molar-refractivity contribution >= 4 is 0 Å². The molecule has 1 rings (SSSR count). The molecule has 0 aliphatic carbocycles. The molecular weight excluding hydrogens is 206 g/mol. The maximum Gasteiger partial charge on any atom is 0.119 e. The number of nitrogens with two attached hydrogens (primary N) is 1. The Labute approximate surface area is 95.9 Å². The molecule has 0 aromatic heterocycles. The summed E-state index contributed by atoms with van der Waals surface area (Å²) in [5.74, 6) is 6.08. The lowest BCUT2D eigenvalue weighted by Crippen LogP contribution is -2.25. The van der Waals surface area contributed by atoms with Crippen LogP contribution in [0.4, 0.5) is 0 Å². The van der Waals surface area contributed by atoms with E-state index in [9.17, 15) is 5.11 Å². The second kappa shape index (κ2) is 6.48. The van der Waals surface area contributed by atoms with E-state index in [0.717, 1.165) is 5.75 Å². The zero-order valence-corrected chi connectivity index (χ0v) is 9.72. The molecule has 4 heteroatoms. The van der Waals surface area contributed by atoms with Crippen molar-refractivity contribution in [2.75, 3.05) is 13.2 Å². The molecule has 1 unspecified atom stereocenters. The van der Waals surface area contributed by atoms with Crippen LogP contribution in [0.5, 0.6) is 5.75 Å². The van der Waals surface area contributed by atoms with Gasteiger partial charge in [-0.15, -0.1) is 0 Å². The number of benzene rings is 1. The van der Waals surface area contributed by atoms with Crippen molar-refractivity contribution in [2.45, 2.75) is 25.9 Å². The highest BCUT2D eigenvalue weighted by atomic mass is 16.6. The molecule has 0 bridgehead atoms. The Hall–Kier alpha value is -1.10. The highest BCUT2D eigenvalue weighted by Crippen LogP contribution is 2.18. The first-order valence-corrected chi connectivity index (χ1v) is 5.36. The highest BCUT2D eigenvalue weighted by Gasteiger charge is 2.05. The summed E-state index contributed by atoms with van der Waals surface area (Å²) in [6.07, 6.45) is -0.699. The zero-order valence-electron chi connectivity index (χ0n) is 9.72. The van der Waals surface area contributed by atoms with Crippen LogP contribution in [-0.2, 0) is 4.84 Å². The Morgan fingerprint density at radius 3 is 2.31 bits per heavy atom. The zero-order chi connectivity index (χ0) is 12.0. The van der Waals surface area contributed by atoms with E-state index in [0.29, 0.717) is 5.92 Å². The lowest BCUT2D eigenvalue weighted by atomic mass is 10.0. The minimum atomic E-state index is -0.699. The number of rotatable bonds is 6. The molecule has 1 aromatic rings. The number of aliphatic hydroxyl groups is 1. The maximum atomic E-state index is 9.32. The standard InChI is InChI=1S/C12H19NO3/c1-9(2)10-3-5-12(6-4-10)15-7-11(14)8-16-13/h3-6,9,11,14H,7-8,13H2,1-2H3. The predicted octanol–water partition coefficient (Wildman–Crippen LogP) is 1.44. The van der Waals surface area contributed by atoms with Gasteiger partial charge in [0, 0.05) is 0 Å². The summed E-state index contributed by atoms with van der Waals surface area (Å²) >= 11 is 0. The number of hydrogen-bond acceptors (Lipinski definition) is 4. The van der Waals surface area contributed by atoms with E-state index in [-0.39, 0.29) is 13.2 Å². The van der Waals surface area contributed by atoms with Crippen LogP contribution in [0.2, 0.25) is 0 Å². The van der Waals surface area contributed by atoms with E-state index in [2.05, 4.69) is 18.7 Å². The third kappa shape index (κ3) is 4.18. The quantitative estimate of drug-likeness (QED) is 0.719. The molecule has 0 fully saturated rings. The lowest BCUT2D eigenvalue weighted by molar-refractivity contribution is 0.0116. The Morgan fingerprint density at radius 2 is 1.81 bits per heavy atom. The summed E-state index contributed by atoms with van der Waals surface area (Å²) < 4.78 is 5.37. The van der Waals surface area contributed by atoms with Crippen LogP contribution in [0.25, 0.3) is 0 Å². The van der Waals surface area contributed by atoms with E-state index in [4.69, 9.17) is 10.6 Å². The lowest BCUT2D eigenvalue weighted by Gasteiger charge is -2.12. The van der Waals surface area contributed by atoms with Crippen molar-refractivity contribution in [2.24, 2.45) is 5.90 Å². The molecule has 0 saturated heterocycles. The number of aliphatic hydroxyl groups excluding tert-OH is 1. The second-order valence-electron chi connectivity index (χ2n) is 4.02. The first-order valence-electron chi connectivity index (χ1n) is 5.36. The number of ether oxygens (including phenoxy) is 1. The first kappa shape index (κ1) is 13.0. The summed E-state index contributed by atoms with van der Waals surface area (Å²) in [6.45, 7) is 4.53. The SMILES string of the molecule is CC(C)c1ccc(OCC(O)CON)cc1. The van der Waals surface area contributed by atoms with Gasteiger partial charge >= 0.3 is 0 Å². The Bertz CT molecular complexity index is 298. The molecule has 0 heterocycles. The second-order valence-corrected chi connectivity index (χ2v) is 4.02. The van der Waals surface area contributed by atoms with Crippen molar-refractivity contribution in [3.8, 4) is 5.75 Å². The molecule has 16 heavy (non-hydrogen) atoms. The van der Waals surface area contributed by atoms with Crippen molar-refractivity contribution in [1.29, 1.82) is 0 Å². The Kier molecular flexibility index (Phi) is 5.25. The minimum Gasteiger partial charge on any atom is -0.491 e. The molecule has 0 aliphatic heterocycles. The average Bonchev–Trinajstić information content (AvgIpc) is 2.27. The van der Waals surface area contributed by atoms with E-state index in [1.165, 1.54) is 5.56 Å². The van der Waals surface area contributed by atoms with Crippen LogP contribution in [0.15, 0.2) is 24.3 Å². The topological polar surface area (TPSA) is 64.7 Å². The van der Waals surface area contributed by atoms with Crippen LogP contribution in [0.3, 0.4) is 0 Å². The summed E-state index contributed by atoms with van der Waals surface area (Å²) in [5.41, 5.74) is 1.26. The molecule has 4 nitrogen and oxygen atoms in total. The smallest absolute Gasteiger partial charge is 0.119 e. The van der Waals surface area contributed by atoms with Gasteiger partial charge < -0.3 is 14.7 Å². The third-order valence-corrected chi connectivity index (χ3v) is 2.28. The van der Waals surface area contributed by atoms with E-state index < -0.39 is 6.10 Å². The van der Waals surface area contributed by atoms with E-state index >= 15 is 0 Å². The normalized spacial score (nSPS) is 12.8. The van der Waals surface area contributed by atoms with Crippen molar-refractivity contribution in [1.82, 2.24) is 0 Å². The van der Waals surface area contributed by atoms with Gasteiger partial charge in [-0.05, 0) is 23.6 Å². The molecule has 90 valence electrons. The van der Waals surface area contributed by atoms with Gasteiger partial charge in [-0.2, -0.15) is 0 Å². The van der Waals surface area contributed by atoms with Crippen LogP contribution in [-0.4, -0.2) is 24.4 Å². The van der Waals surface area contributed by atoms with Crippen LogP contribution in [0.1, 0.15) is 25.3 Å². The largest absolute Gasteiger partial charge is 0.491 e. The molecule has 0 spiro atoms. The summed E-state index contributed by atoms with van der Waals surface area (Å²) in [5, 5.41) is 9.32. The van der Waals surface area contributed by atoms with Crippen LogP contribution < -0.4 is 10.6 Å². The molecule has 3 N–H and O–H groups in total. The number of hydrogen-bond donors (Lipinski definition) is 2. The third-order valence-electron chi connectivity index (χ3n) is 2.28. The summed E-state index contributed by atoms with van der Waals surface area (Å²) in [4.78, 5) is 4.31. The van der Waals surface area contributed by atoms with Crippen LogP contribution in [0, 0.1) is 0 Å². The van der Waals surface area contributed by atoms with Crippen molar-refractivity contribution < 1.29 is 14.7 Å². The van der Waals surface area contributed by atoms with Gasteiger partial charge in [0.1, 0.15) is 18.5 Å². The van der Waals surface area contributed by atoms with Gasteiger partial charge in [-0.25, -0.2) is 5.90 Å². The fourth-order valence-corrected chi connectivity index (χ4v) is 1.30. The monoisotopic (exact) mass is 225 g/mol. The van der Waals surface area contributed by atoms with Gasteiger partial charge in [0.2, 0.25) is 0 Å². The van der Waals surface area contributed by atoms with Gasteiger partial charge in [0.05, 0.1) is 6.61 Å². The molecule has 1 atom stereocenters. The molecular formula is C12H19NO3. The summed E-state index contributed by atoms with van der Waals surface area (Å²) in [7, 11) is 0. The Balaban J connectivity index is 2.43. The summed E-state index contributed by atoms with van der Waals surface area (Å²) in [6, 6.07) is 7.83. The van der Waals surface area contributed by atoms with E-state index in [1.807, 2.05) is 24.3 Å². The van der Waals surface area contributed by atoms with Gasteiger partial charge in [-0.1, -0.05) is 26.0 Å². The minimum absolute atomic E-state index is 0.0735. The van der Waals surface area contributed by atoms with Crippen molar-refractivity contribution in [3.63, 3.8) is 0 Å². The molecule has 1 aromatic carbocycles. The maximum absolute atomic E-state index is 9.32. The van der Waals surface area contributed by atoms with Gasteiger partial charge in [-0.3, -0.25) is 0 Å². The van der Waals surface area contributed by atoms with Crippen LogP contribution >= 0.6 is 0 Å². The fourth-order valence-electron chi connectivity index (χ4n) is 1.30. The fraction of sp³-hybridized carbons (Fsp3) is 0.500. The molecule has 0 saturated carbocycles.